The van der Waals surface area contributed by atoms with Crippen molar-refractivity contribution < 1.29 is 9.18 Å². The second-order valence-electron chi connectivity index (χ2n) is 6.18. The van der Waals surface area contributed by atoms with Crippen molar-refractivity contribution in [3.63, 3.8) is 0 Å². The van der Waals surface area contributed by atoms with Crippen LogP contribution in [0.1, 0.15) is 15.9 Å². The van der Waals surface area contributed by atoms with Crippen LogP contribution in [0.2, 0.25) is 10.0 Å². The summed E-state index contributed by atoms with van der Waals surface area (Å²) in [4.78, 5) is 14.0. The van der Waals surface area contributed by atoms with Crippen LogP contribution < -0.4 is 5.32 Å². The second-order valence-corrected chi connectivity index (χ2v) is 6.96. The van der Waals surface area contributed by atoms with Gasteiger partial charge in [-0.1, -0.05) is 29.3 Å². The monoisotopic (exact) mass is 414 g/mol. The van der Waals surface area contributed by atoms with Crippen LogP contribution in [0, 0.1) is 12.7 Å². The Kier molecular flexibility index (Phi) is 4.75. The van der Waals surface area contributed by atoms with E-state index < -0.39 is 0 Å². The first-order valence-electron chi connectivity index (χ1n) is 8.31. The van der Waals surface area contributed by atoms with Gasteiger partial charge in [-0.25, -0.2) is 4.39 Å². The maximum absolute atomic E-state index is 13.1. The van der Waals surface area contributed by atoms with Crippen molar-refractivity contribution in [3.8, 4) is 5.69 Å². The molecule has 0 aliphatic heterocycles. The molecule has 0 saturated carbocycles. The summed E-state index contributed by atoms with van der Waals surface area (Å²) < 4.78 is 13.1. The topological polar surface area (TPSA) is 59.8 Å². The molecule has 0 aliphatic rings. The van der Waals surface area contributed by atoms with Gasteiger partial charge >= 0.3 is 0 Å². The molecule has 0 atom stereocenters. The number of hydrogen-bond donors (Lipinski definition) is 1. The molecule has 0 bridgehead atoms. The van der Waals surface area contributed by atoms with Gasteiger partial charge in [0.15, 0.2) is 0 Å². The van der Waals surface area contributed by atoms with Gasteiger partial charge in [0.25, 0.3) is 5.91 Å². The van der Waals surface area contributed by atoms with Crippen molar-refractivity contribution in [2.75, 3.05) is 5.32 Å². The summed E-state index contributed by atoms with van der Waals surface area (Å²) in [6.07, 6.45) is 0. The van der Waals surface area contributed by atoms with Crippen LogP contribution >= 0.6 is 23.2 Å². The van der Waals surface area contributed by atoms with E-state index in [1.807, 2.05) is 13.0 Å². The van der Waals surface area contributed by atoms with E-state index in [1.165, 1.54) is 16.9 Å². The number of nitrogens with zero attached hydrogens (tertiary/aromatic N) is 3. The molecule has 1 amide bonds. The molecule has 0 radical (unpaired) electrons. The lowest BCUT2D eigenvalue weighted by Gasteiger charge is -2.09. The summed E-state index contributed by atoms with van der Waals surface area (Å²) in [5, 5.41) is 12.2. The zero-order chi connectivity index (χ0) is 19.8. The first-order valence-corrected chi connectivity index (χ1v) is 9.07. The van der Waals surface area contributed by atoms with Crippen molar-refractivity contribution in [2.24, 2.45) is 0 Å². The fourth-order valence-electron chi connectivity index (χ4n) is 2.76. The quantitative estimate of drug-likeness (QED) is 0.486. The predicted octanol–water partition coefficient (Wildman–Crippen LogP) is 5.43. The largest absolute Gasteiger partial charge is 0.322 e. The molecule has 4 rings (SSSR count). The number of nitrogens with one attached hydrogen (secondary N) is 1. The number of carbonyl (C=O) groups excluding carboxylic acids is 1. The smallest absolute Gasteiger partial charge is 0.257 e. The van der Waals surface area contributed by atoms with Crippen LogP contribution in [0.25, 0.3) is 16.7 Å². The number of fused-ring (bicyclic) bond motifs is 1. The maximum atomic E-state index is 13.1. The van der Waals surface area contributed by atoms with Gasteiger partial charge in [-0.3, -0.25) is 4.79 Å². The minimum atomic E-state index is -0.374. The molecule has 0 saturated heterocycles. The highest BCUT2D eigenvalue weighted by Gasteiger charge is 2.15. The Morgan fingerprint density at radius 3 is 2.43 bits per heavy atom. The summed E-state index contributed by atoms with van der Waals surface area (Å²) in [6.45, 7) is 1.85. The molecule has 140 valence electrons. The number of hydrogen-bond acceptors (Lipinski definition) is 3. The van der Waals surface area contributed by atoms with Crippen LogP contribution in [0.3, 0.4) is 0 Å². The highest BCUT2D eigenvalue weighted by molar-refractivity contribution is 6.44. The van der Waals surface area contributed by atoms with E-state index in [9.17, 15) is 9.18 Å². The molecule has 1 heterocycles. The van der Waals surface area contributed by atoms with E-state index in [1.54, 1.807) is 36.4 Å². The van der Waals surface area contributed by atoms with Gasteiger partial charge in [0, 0.05) is 5.69 Å². The van der Waals surface area contributed by atoms with E-state index >= 15 is 0 Å². The third-order valence-corrected chi connectivity index (χ3v) is 5.05. The molecule has 0 aliphatic carbocycles. The minimum Gasteiger partial charge on any atom is -0.322 e. The third kappa shape index (κ3) is 3.44. The fraction of sp³-hybridized carbons (Fsp3) is 0.0500. The molecule has 0 fully saturated rings. The summed E-state index contributed by atoms with van der Waals surface area (Å²) in [5.41, 5.74) is 3.54. The van der Waals surface area contributed by atoms with Crippen molar-refractivity contribution in [1.82, 2.24) is 15.0 Å². The van der Waals surface area contributed by atoms with Crippen molar-refractivity contribution >= 4 is 45.8 Å². The van der Waals surface area contributed by atoms with Crippen LogP contribution in [-0.4, -0.2) is 20.9 Å². The molecule has 4 aromatic rings. The average molecular weight is 415 g/mol. The van der Waals surface area contributed by atoms with E-state index in [0.717, 1.165) is 5.56 Å². The standard InChI is InChI=1S/C20H13Cl2FN4O/c1-11-9-17-18(26-27(25-17)13-7-5-12(23)6-8-13)10-16(11)24-20(28)14-3-2-4-15(21)19(14)22/h2-10H,1H3,(H,24,28). The predicted molar refractivity (Wildman–Crippen MR) is 108 cm³/mol. The number of rotatable bonds is 3. The number of aryl methyl sites for hydroxylation is 1. The lowest BCUT2D eigenvalue weighted by Crippen LogP contribution is -2.13. The second kappa shape index (κ2) is 7.22. The molecule has 8 heteroatoms. The van der Waals surface area contributed by atoms with Gasteiger partial charge in [-0.15, -0.1) is 10.2 Å². The minimum absolute atomic E-state index is 0.197. The number of aromatic nitrogens is 3. The summed E-state index contributed by atoms with van der Waals surface area (Å²) in [5.74, 6) is -0.707. The molecule has 0 unspecified atom stereocenters. The summed E-state index contributed by atoms with van der Waals surface area (Å²) in [7, 11) is 0. The number of carbonyl (C=O) groups is 1. The zero-order valence-corrected chi connectivity index (χ0v) is 16.1. The number of anilines is 1. The first-order chi connectivity index (χ1) is 13.4. The number of benzene rings is 3. The SMILES string of the molecule is Cc1cc2nn(-c3ccc(F)cc3)nc2cc1NC(=O)c1cccc(Cl)c1Cl. The van der Waals surface area contributed by atoms with Crippen LogP contribution in [0.4, 0.5) is 10.1 Å². The van der Waals surface area contributed by atoms with Gasteiger partial charge in [0.05, 0.1) is 21.3 Å². The molecule has 1 N–H and O–H groups in total. The van der Waals surface area contributed by atoms with Crippen molar-refractivity contribution in [2.45, 2.75) is 6.92 Å². The van der Waals surface area contributed by atoms with Gasteiger partial charge in [0.1, 0.15) is 16.9 Å². The van der Waals surface area contributed by atoms with Gasteiger partial charge in [-0.05, 0) is 61.0 Å². The maximum Gasteiger partial charge on any atom is 0.257 e. The van der Waals surface area contributed by atoms with Crippen molar-refractivity contribution in [1.29, 1.82) is 0 Å². The van der Waals surface area contributed by atoms with Gasteiger partial charge in [0.2, 0.25) is 0 Å². The van der Waals surface area contributed by atoms with Gasteiger partial charge in [-0.2, -0.15) is 4.80 Å². The van der Waals surface area contributed by atoms with E-state index in [0.29, 0.717) is 27.4 Å². The Labute approximate surface area is 169 Å². The van der Waals surface area contributed by atoms with Crippen LogP contribution in [-0.2, 0) is 0 Å². The Morgan fingerprint density at radius 1 is 1.04 bits per heavy atom. The Balaban J connectivity index is 1.68. The summed E-state index contributed by atoms with van der Waals surface area (Å²) >= 11 is 12.1. The highest BCUT2D eigenvalue weighted by Crippen LogP contribution is 2.27. The van der Waals surface area contributed by atoms with Gasteiger partial charge < -0.3 is 5.32 Å². The third-order valence-electron chi connectivity index (χ3n) is 4.23. The van der Waals surface area contributed by atoms with E-state index in [4.69, 9.17) is 23.2 Å². The lowest BCUT2D eigenvalue weighted by molar-refractivity contribution is 0.102. The summed E-state index contributed by atoms with van der Waals surface area (Å²) in [6, 6.07) is 14.3. The fourth-order valence-corrected chi connectivity index (χ4v) is 3.15. The Hall–Kier alpha value is -2.96. The number of amides is 1. The first kappa shape index (κ1) is 18.4. The molecule has 28 heavy (non-hydrogen) atoms. The normalized spacial score (nSPS) is 11.0. The lowest BCUT2D eigenvalue weighted by atomic mass is 10.1. The molecule has 0 spiro atoms. The Morgan fingerprint density at radius 2 is 1.71 bits per heavy atom. The molecular weight excluding hydrogens is 402 g/mol. The van der Waals surface area contributed by atoms with E-state index in [2.05, 4.69) is 15.5 Å². The highest BCUT2D eigenvalue weighted by atomic mass is 35.5. The number of halogens is 3. The molecular formula is C20H13Cl2FN4O. The molecule has 5 nitrogen and oxygen atoms in total. The van der Waals surface area contributed by atoms with Crippen LogP contribution in [0.15, 0.2) is 54.6 Å². The molecule has 1 aromatic heterocycles. The zero-order valence-electron chi connectivity index (χ0n) is 14.6. The Bertz CT molecular complexity index is 1210. The van der Waals surface area contributed by atoms with E-state index in [-0.39, 0.29) is 22.3 Å². The average Bonchev–Trinajstić information content (AvgIpc) is 3.07. The van der Waals surface area contributed by atoms with Crippen LogP contribution in [0.5, 0.6) is 0 Å². The van der Waals surface area contributed by atoms with Crippen molar-refractivity contribution in [3.05, 3.63) is 81.6 Å². The molecule has 3 aromatic carbocycles.